The standard InChI is InChI=1S/C20H25NO/c1-3-18(16-22-15-17-11-7-5-8-12-17)20(4-2)21-19-13-9-6-10-14-19/h4-14,18,20-21H,2-3,15-16H2,1H3/t18-,20-/m1/s1. The third-order valence-corrected chi connectivity index (χ3v) is 3.84. The number of hydrogen-bond acceptors (Lipinski definition) is 2. The van der Waals surface area contributed by atoms with Crippen molar-refractivity contribution < 1.29 is 4.74 Å². The monoisotopic (exact) mass is 295 g/mol. The maximum atomic E-state index is 5.91. The lowest BCUT2D eigenvalue weighted by Crippen LogP contribution is -2.30. The minimum atomic E-state index is 0.211. The fourth-order valence-corrected chi connectivity index (χ4v) is 2.47. The number of anilines is 1. The van der Waals surface area contributed by atoms with Gasteiger partial charge in [-0.1, -0.05) is 61.5 Å². The van der Waals surface area contributed by atoms with Crippen molar-refractivity contribution >= 4 is 5.69 Å². The molecular formula is C20H25NO. The summed E-state index contributed by atoms with van der Waals surface area (Å²) in [4.78, 5) is 0. The lowest BCUT2D eigenvalue weighted by atomic mass is 9.97. The predicted molar refractivity (Wildman–Crippen MR) is 93.9 cm³/mol. The largest absolute Gasteiger partial charge is 0.378 e. The Morgan fingerprint density at radius 1 is 1.05 bits per heavy atom. The molecule has 2 heteroatoms. The van der Waals surface area contributed by atoms with Crippen LogP contribution in [0.5, 0.6) is 0 Å². The number of nitrogens with one attached hydrogen (secondary N) is 1. The highest BCUT2D eigenvalue weighted by molar-refractivity contribution is 5.44. The summed E-state index contributed by atoms with van der Waals surface area (Å²) in [6.45, 7) is 7.55. The molecule has 2 aromatic rings. The molecule has 0 radical (unpaired) electrons. The smallest absolute Gasteiger partial charge is 0.0717 e. The maximum Gasteiger partial charge on any atom is 0.0717 e. The third kappa shape index (κ3) is 5.05. The van der Waals surface area contributed by atoms with E-state index in [1.54, 1.807) is 0 Å². The number of ether oxygens (including phenoxy) is 1. The van der Waals surface area contributed by atoms with E-state index in [0.29, 0.717) is 12.5 Å². The highest BCUT2D eigenvalue weighted by Gasteiger charge is 2.17. The van der Waals surface area contributed by atoms with Crippen LogP contribution in [-0.2, 0) is 11.3 Å². The normalized spacial score (nSPS) is 13.3. The third-order valence-electron chi connectivity index (χ3n) is 3.84. The van der Waals surface area contributed by atoms with Crippen molar-refractivity contribution in [2.75, 3.05) is 11.9 Å². The molecule has 2 nitrogen and oxygen atoms in total. The van der Waals surface area contributed by atoms with Gasteiger partial charge in [-0.3, -0.25) is 0 Å². The Hall–Kier alpha value is -2.06. The molecule has 0 aliphatic heterocycles. The van der Waals surface area contributed by atoms with E-state index in [-0.39, 0.29) is 6.04 Å². The number of benzene rings is 2. The van der Waals surface area contributed by atoms with E-state index in [1.165, 1.54) is 5.56 Å². The maximum absolute atomic E-state index is 5.91. The van der Waals surface area contributed by atoms with Gasteiger partial charge in [-0.05, 0) is 24.1 Å². The van der Waals surface area contributed by atoms with Gasteiger partial charge in [0.05, 0.1) is 13.2 Å². The van der Waals surface area contributed by atoms with Crippen LogP contribution < -0.4 is 5.32 Å². The van der Waals surface area contributed by atoms with Gasteiger partial charge in [0.1, 0.15) is 0 Å². The van der Waals surface area contributed by atoms with Crippen molar-refractivity contribution in [1.82, 2.24) is 0 Å². The van der Waals surface area contributed by atoms with Crippen molar-refractivity contribution in [3.05, 3.63) is 78.9 Å². The van der Waals surface area contributed by atoms with Gasteiger partial charge in [-0.2, -0.15) is 0 Å². The molecule has 2 aromatic carbocycles. The lowest BCUT2D eigenvalue weighted by molar-refractivity contribution is 0.0834. The zero-order valence-electron chi connectivity index (χ0n) is 13.2. The average Bonchev–Trinajstić information content (AvgIpc) is 2.59. The minimum Gasteiger partial charge on any atom is -0.378 e. The van der Waals surface area contributed by atoms with Crippen molar-refractivity contribution in [2.24, 2.45) is 5.92 Å². The summed E-state index contributed by atoms with van der Waals surface area (Å²) >= 11 is 0. The minimum absolute atomic E-state index is 0.211. The molecule has 0 bridgehead atoms. The van der Waals surface area contributed by atoms with Gasteiger partial charge in [0.15, 0.2) is 0 Å². The van der Waals surface area contributed by atoms with Crippen LogP contribution in [0.2, 0.25) is 0 Å². The first-order chi connectivity index (χ1) is 10.8. The van der Waals surface area contributed by atoms with Crippen LogP contribution >= 0.6 is 0 Å². The Labute approximate surface area is 133 Å². The molecule has 0 aromatic heterocycles. The molecule has 0 amide bonds. The number of para-hydroxylation sites is 1. The Morgan fingerprint density at radius 2 is 1.68 bits per heavy atom. The molecule has 0 heterocycles. The van der Waals surface area contributed by atoms with Gasteiger partial charge in [0.25, 0.3) is 0 Å². The SMILES string of the molecule is C=C[C@@H](Nc1ccccc1)[C@H](CC)COCc1ccccc1. The molecule has 0 spiro atoms. The molecule has 0 saturated carbocycles. The zero-order valence-corrected chi connectivity index (χ0v) is 13.2. The predicted octanol–water partition coefficient (Wildman–Crippen LogP) is 4.90. The average molecular weight is 295 g/mol. The van der Waals surface area contributed by atoms with Crippen molar-refractivity contribution in [1.29, 1.82) is 0 Å². The lowest BCUT2D eigenvalue weighted by Gasteiger charge is -2.25. The molecule has 0 unspecified atom stereocenters. The Morgan fingerprint density at radius 3 is 2.27 bits per heavy atom. The van der Waals surface area contributed by atoms with Crippen LogP contribution in [0, 0.1) is 5.92 Å². The first kappa shape index (κ1) is 16.3. The van der Waals surface area contributed by atoms with Crippen molar-refractivity contribution in [3.63, 3.8) is 0 Å². The van der Waals surface area contributed by atoms with Crippen molar-refractivity contribution in [2.45, 2.75) is 26.0 Å². The Kier molecular flexibility index (Phi) is 6.72. The van der Waals surface area contributed by atoms with E-state index < -0.39 is 0 Å². The van der Waals surface area contributed by atoms with Crippen LogP contribution in [0.4, 0.5) is 5.69 Å². The second kappa shape index (κ2) is 9.06. The summed E-state index contributed by atoms with van der Waals surface area (Å²) in [5.74, 6) is 0.404. The summed E-state index contributed by atoms with van der Waals surface area (Å²) in [7, 11) is 0. The molecule has 2 rings (SSSR count). The van der Waals surface area contributed by atoms with E-state index >= 15 is 0 Å². The molecule has 116 valence electrons. The van der Waals surface area contributed by atoms with Crippen LogP contribution in [0.3, 0.4) is 0 Å². The topological polar surface area (TPSA) is 21.3 Å². The highest BCUT2D eigenvalue weighted by atomic mass is 16.5. The van der Waals surface area contributed by atoms with E-state index in [0.717, 1.165) is 18.7 Å². The highest BCUT2D eigenvalue weighted by Crippen LogP contribution is 2.17. The quantitative estimate of drug-likeness (QED) is 0.665. The first-order valence-electron chi connectivity index (χ1n) is 7.89. The van der Waals surface area contributed by atoms with Gasteiger partial charge >= 0.3 is 0 Å². The van der Waals surface area contributed by atoms with Crippen LogP contribution in [0.15, 0.2) is 73.3 Å². The second-order valence-corrected chi connectivity index (χ2v) is 5.44. The summed E-state index contributed by atoms with van der Waals surface area (Å²) in [5, 5.41) is 3.53. The summed E-state index contributed by atoms with van der Waals surface area (Å²) < 4.78 is 5.91. The summed E-state index contributed by atoms with van der Waals surface area (Å²) in [6, 6.07) is 20.8. The molecule has 0 saturated heterocycles. The molecule has 1 N–H and O–H groups in total. The Bertz CT molecular complexity index is 538. The molecule has 2 atom stereocenters. The summed E-state index contributed by atoms with van der Waals surface area (Å²) in [6.07, 6.45) is 3.03. The molecule has 0 aliphatic rings. The van der Waals surface area contributed by atoms with E-state index in [2.05, 4.69) is 43.1 Å². The number of hydrogen-bond donors (Lipinski definition) is 1. The van der Waals surface area contributed by atoms with Crippen LogP contribution in [0.1, 0.15) is 18.9 Å². The fraction of sp³-hybridized carbons (Fsp3) is 0.300. The second-order valence-electron chi connectivity index (χ2n) is 5.44. The van der Waals surface area contributed by atoms with Gasteiger partial charge in [0.2, 0.25) is 0 Å². The molecular weight excluding hydrogens is 270 g/mol. The Balaban J connectivity index is 1.87. The van der Waals surface area contributed by atoms with Crippen LogP contribution in [-0.4, -0.2) is 12.6 Å². The van der Waals surface area contributed by atoms with Gasteiger partial charge in [-0.15, -0.1) is 6.58 Å². The van der Waals surface area contributed by atoms with E-state index in [1.807, 2.05) is 42.5 Å². The molecule has 22 heavy (non-hydrogen) atoms. The fourth-order valence-electron chi connectivity index (χ4n) is 2.47. The van der Waals surface area contributed by atoms with Crippen molar-refractivity contribution in [3.8, 4) is 0 Å². The van der Waals surface area contributed by atoms with Gasteiger partial charge < -0.3 is 10.1 Å². The van der Waals surface area contributed by atoms with Crippen LogP contribution in [0.25, 0.3) is 0 Å². The van der Waals surface area contributed by atoms with Gasteiger partial charge in [0, 0.05) is 17.6 Å². The van der Waals surface area contributed by atoms with Gasteiger partial charge in [-0.25, -0.2) is 0 Å². The zero-order chi connectivity index (χ0) is 15.6. The summed E-state index contributed by atoms with van der Waals surface area (Å²) in [5.41, 5.74) is 2.33. The molecule has 0 aliphatic carbocycles. The first-order valence-corrected chi connectivity index (χ1v) is 7.89. The molecule has 0 fully saturated rings. The van der Waals surface area contributed by atoms with E-state index in [4.69, 9.17) is 4.74 Å². The number of rotatable bonds is 9. The van der Waals surface area contributed by atoms with E-state index in [9.17, 15) is 0 Å².